The molecule has 9 heteroatoms. The van der Waals surface area contributed by atoms with Crippen LogP contribution in [0.5, 0.6) is 17.2 Å². The normalized spacial score (nSPS) is 11.3. The average molecular weight is 442 g/mol. The largest absolute Gasteiger partial charge is 0.508 e. The van der Waals surface area contributed by atoms with Gasteiger partial charge in [0.1, 0.15) is 17.2 Å². The predicted molar refractivity (Wildman–Crippen MR) is 117 cm³/mol. The van der Waals surface area contributed by atoms with Gasteiger partial charge in [0.25, 0.3) is 11.1 Å². The molecular formula is C23H26N2O7. The second-order valence-corrected chi connectivity index (χ2v) is 7.55. The first-order valence-electron chi connectivity index (χ1n) is 10.1. The molecule has 0 fully saturated rings. The Kier molecular flexibility index (Phi) is 6.71. The first kappa shape index (κ1) is 23.1. The number of phenolic OH excluding ortho intramolecular Hbond substituents is 1. The molecule has 0 aliphatic carbocycles. The summed E-state index contributed by atoms with van der Waals surface area (Å²) in [5.41, 5.74) is -0.337. The van der Waals surface area contributed by atoms with E-state index in [9.17, 15) is 35.1 Å². The molecule has 170 valence electrons. The van der Waals surface area contributed by atoms with Crippen molar-refractivity contribution in [3.8, 4) is 17.2 Å². The van der Waals surface area contributed by atoms with Crippen LogP contribution in [0.1, 0.15) is 34.0 Å². The molecule has 3 aromatic rings. The number of rotatable bonds is 7. The van der Waals surface area contributed by atoms with Crippen molar-refractivity contribution in [3.63, 3.8) is 0 Å². The maximum Gasteiger partial charge on any atom is 0.258 e. The van der Waals surface area contributed by atoms with Crippen molar-refractivity contribution >= 4 is 0 Å². The third-order valence-corrected chi connectivity index (χ3v) is 5.50. The molecule has 0 saturated carbocycles. The van der Waals surface area contributed by atoms with Crippen molar-refractivity contribution < 1.29 is 25.5 Å². The Labute approximate surface area is 183 Å². The summed E-state index contributed by atoms with van der Waals surface area (Å²) < 4.78 is 2.56. The van der Waals surface area contributed by atoms with Gasteiger partial charge in [-0.2, -0.15) is 0 Å². The first-order chi connectivity index (χ1) is 15.2. The van der Waals surface area contributed by atoms with Gasteiger partial charge in [0, 0.05) is 24.5 Å². The molecule has 0 aliphatic rings. The molecule has 2 heterocycles. The Hall–Kier alpha value is -3.56. The van der Waals surface area contributed by atoms with Gasteiger partial charge < -0.3 is 34.7 Å². The Balaban J connectivity index is 2.44. The van der Waals surface area contributed by atoms with Gasteiger partial charge in [0.15, 0.2) is 0 Å². The average Bonchev–Trinajstić information content (AvgIpc) is 2.73. The van der Waals surface area contributed by atoms with Crippen LogP contribution in [0.3, 0.4) is 0 Å². The van der Waals surface area contributed by atoms with Gasteiger partial charge in [-0.15, -0.1) is 0 Å². The monoisotopic (exact) mass is 442 g/mol. The number of pyridine rings is 2. The van der Waals surface area contributed by atoms with Crippen molar-refractivity contribution in [1.29, 1.82) is 0 Å². The minimum absolute atomic E-state index is 0.0190. The molecule has 1 aromatic carbocycles. The van der Waals surface area contributed by atoms with E-state index in [0.29, 0.717) is 17.0 Å². The van der Waals surface area contributed by atoms with Crippen molar-refractivity contribution in [3.05, 3.63) is 85.2 Å². The summed E-state index contributed by atoms with van der Waals surface area (Å²) in [4.78, 5) is 26.7. The summed E-state index contributed by atoms with van der Waals surface area (Å²) >= 11 is 0. The lowest BCUT2D eigenvalue weighted by atomic mass is 9.84. The lowest BCUT2D eigenvalue weighted by Crippen LogP contribution is -2.33. The zero-order chi connectivity index (χ0) is 23.6. The molecule has 0 unspecified atom stereocenters. The van der Waals surface area contributed by atoms with Gasteiger partial charge >= 0.3 is 0 Å². The van der Waals surface area contributed by atoms with E-state index in [1.54, 1.807) is 13.8 Å². The number of aliphatic hydroxyl groups is 2. The van der Waals surface area contributed by atoms with Crippen LogP contribution in [0, 0.1) is 13.8 Å². The molecule has 9 nitrogen and oxygen atoms in total. The molecule has 0 bridgehead atoms. The number of benzene rings is 1. The zero-order valence-corrected chi connectivity index (χ0v) is 17.8. The van der Waals surface area contributed by atoms with Crippen LogP contribution < -0.4 is 11.1 Å². The topological polar surface area (TPSA) is 145 Å². The van der Waals surface area contributed by atoms with Crippen LogP contribution in [0.15, 0.2) is 46.0 Å². The zero-order valence-electron chi connectivity index (χ0n) is 17.8. The van der Waals surface area contributed by atoms with E-state index in [1.807, 2.05) is 0 Å². The van der Waals surface area contributed by atoms with E-state index in [-0.39, 0.29) is 54.7 Å². The van der Waals surface area contributed by atoms with Gasteiger partial charge in [-0.1, -0.05) is 12.1 Å². The minimum atomic E-state index is -1.17. The summed E-state index contributed by atoms with van der Waals surface area (Å²) in [6.07, 6.45) is 0. The standard InChI is InChI=1S/C23H26N2O7/c1-13-11-17(29)20(22(31)24(13)7-9-26)19(15-3-5-16(28)6-4-15)21-18(30)12-14(2)25(8-10-27)23(21)32/h3-6,11-12,19,26-30H,7-10H2,1-2H3. The van der Waals surface area contributed by atoms with Crippen molar-refractivity contribution in [2.45, 2.75) is 32.9 Å². The molecule has 2 aromatic heterocycles. The lowest BCUT2D eigenvalue weighted by molar-refractivity contribution is 0.272. The minimum Gasteiger partial charge on any atom is -0.508 e. The van der Waals surface area contributed by atoms with E-state index >= 15 is 0 Å². The predicted octanol–water partition coefficient (Wildman–Crippen LogP) is 0.908. The number of aromatic nitrogens is 2. The van der Waals surface area contributed by atoms with E-state index in [2.05, 4.69) is 0 Å². The fourth-order valence-corrected chi connectivity index (χ4v) is 3.98. The second-order valence-electron chi connectivity index (χ2n) is 7.55. The highest BCUT2D eigenvalue weighted by Crippen LogP contribution is 2.38. The Morgan fingerprint density at radius 3 is 1.53 bits per heavy atom. The van der Waals surface area contributed by atoms with Gasteiger partial charge in [-0.25, -0.2) is 0 Å². The molecular weight excluding hydrogens is 416 g/mol. The lowest BCUT2D eigenvalue weighted by Gasteiger charge is -2.23. The highest BCUT2D eigenvalue weighted by atomic mass is 16.3. The highest BCUT2D eigenvalue weighted by molar-refractivity contribution is 5.52. The smallest absolute Gasteiger partial charge is 0.258 e. The molecule has 0 spiro atoms. The van der Waals surface area contributed by atoms with E-state index in [0.717, 1.165) is 0 Å². The SMILES string of the molecule is Cc1cc(O)c(C(c2ccc(O)cc2)c2c(O)cc(C)n(CCO)c2=O)c(=O)n1CCO. The van der Waals surface area contributed by atoms with Gasteiger partial charge in [-0.3, -0.25) is 9.59 Å². The Morgan fingerprint density at radius 1 is 0.750 bits per heavy atom. The van der Waals surface area contributed by atoms with Crippen LogP contribution in [0.25, 0.3) is 0 Å². The van der Waals surface area contributed by atoms with Crippen LogP contribution >= 0.6 is 0 Å². The molecule has 0 atom stereocenters. The van der Waals surface area contributed by atoms with Crippen LogP contribution in [0.2, 0.25) is 0 Å². The van der Waals surface area contributed by atoms with Crippen LogP contribution in [-0.2, 0) is 13.1 Å². The summed E-state index contributed by atoms with van der Waals surface area (Å²) in [7, 11) is 0. The molecule has 32 heavy (non-hydrogen) atoms. The second kappa shape index (κ2) is 9.29. The van der Waals surface area contributed by atoms with Gasteiger partial charge in [0.05, 0.1) is 30.3 Å². The van der Waals surface area contributed by atoms with Gasteiger partial charge in [0.2, 0.25) is 0 Å². The molecule has 3 rings (SSSR count). The number of hydrogen-bond acceptors (Lipinski definition) is 7. The number of hydrogen-bond donors (Lipinski definition) is 5. The quantitative estimate of drug-likeness (QED) is 0.366. The number of phenols is 1. The summed E-state index contributed by atoms with van der Waals surface area (Å²) in [5.74, 6) is -1.95. The summed E-state index contributed by atoms with van der Waals surface area (Å²) in [6.45, 7) is 2.55. The van der Waals surface area contributed by atoms with Crippen molar-refractivity contribution in [2.24, 2.45) is 0 Å². The molecule has 0 aliphatic heterocycles. The number of nitrogens with zero attached hydrogens (tertiary/aromatic N) is 2. The maximum absolute atomic E-state index is 13.4. The van der Waals surface area contributed by atoms with E-state index in [4.69, 9.17) is 0 Å². The molecule has 0 radical (unpaired) electrons. The van der Waals surface area contributed by atoms with Crippen molar-refractivity contribution in [1.82, 2.24) is 9.13 Å². The maximum atomic E-state index is 13.4. The third kappa shape index (κ3) is 4.12. The summed E-state index contributed by atoms with van der Waals surface area (Å²) in [5, 5.41) is 50.0. The molecule has 5 N–H and O–H groups in total. The summed E-state index contributed by atoms with van der Waals surface area (Å²) in [6, 6.07) is 8.44. The van der Waals surface area contributed by atoms with Gasteiger partial charge in [-0.05, 0) is 43.7 Å². The van der Waals surface area contributed by atoms with E-state index < -0.39 is 17.0 Å². The van der Waals surface area contributed by atoms with E-state index in [1.165, 1.54) is 45.5 Å². The fraction of sp³-hybridized carbons (Fsp3) is 0.304. The number of aromatic hydroxyl groups is 3. The molecule has 0 saturated heterocycles. The van der Waals surface area contributed by atoms with Crippen LogP contribution in [0.4, 0.5) is 0 Å². The van der Waals surface area contributed by atoms with Crippen LogP contribution in [-0.4, -0.2) is 47.9 Å². The Bertz CT molecular complexity index is 1170. The Morgan fingerprint density at radius 2 is 1.16 bits per heavy atom. The first-order valence-corrected chi connectivity index (χ1v) is 10.1. The number of aryl methyl sites for hydroxylation is 2. The number of aliphatic hydroxyl groups excluding tert-OH is 2. The molecule has 0 amide bonds. The highest BCUT2D eigenvalue weighted by Gasteiger charge is 2.31. The third-order valence-electron chi connectivity index (χ3n) is 5.50. The fourth-order valence-electron chi connectivity index (χ4n) is 3.98. The van der Waals surface area contributed by atoms with Crippen molar-refractivity contribution in [2.75, 3.05) is 13.2 Å².